The molecule has 1 heterocycles. The van der Waals surface area contributed by atoms with Crippen molar-refractivity contribution in [3.05, 3.63) is 29.8 Å². The SMILES string of the molecule is CC(C)(N=C=O)c1cccnc1F. The van der Waals surface area contributed by atoms with E-state index in [0.29, 0.717) is 5.56 Å². The van der Waals surface area contributed by atoms with Crippen LogP contribution in [0.2, 0.25) is 0 Å². The average molecular weight is 180 g/mol. The quantitative estimate of drug-likeness (QED) is 0.395. The smallest absolute Gasteiger partial charge is 0.228 e. The van der Waals surface area contributed by atoms with Crippen molar-refractivity contribution in [3.63, 3.8) is 0 Å². The minimum atomic E-state index is -0.903. The van der Waals surface area contributed by atoms with Crippen LogP contribution in [0.15, 0.2) is 23.3 Å². The molecule has 0 radical (unpaired) electrons. The fourth-order valence-electron chi connectivity index (χ4n) is 1.02. The highest BCUT2D eigenvalue weighted by molar-refractivity contribution is 5.37. The predicted molar refractivity (Wildman–Crippen MR) is 45.3 cm³/mol. The maximum atomic E-state index is 13.1. The number of hydrogen-bond acceptors (Lipinski definition) is 3. The zero-order valence-electron chi connectivity index (χ0n) is 7.41. The molecular formula is C9H9FN2O. The van der Waals surface area contributed by atoms with Gasteiger partial charge in [-0.2, -0.15) is 9.38 Å². The molecule has 0 saturated heterocycles. The van der Waals surface area contributed by atoms with E-state index in [4.69, 9.17) is 0 Å². The second-order valence-corrected chi connectivity index (χ2v) is 3.10. The molecule has 0 bridgehead atoms. The van der Waals surface area contributed by atoms with Gasteiger partial charge in [-0.3, -0.25) is 0 Å². The van der Waals surface area contributed by atoms with Crippen molar-refractivity contribution in [1.29, 1.82) is 0 Å². The van der Waals surface area contributed by atoms with Crippen molar-refractivity contribution in [2.45, 2.75) is 19.4 Å². The van der Waals surface area contributed by atoms with Crippen molar-refractivity contribution in [3.8, 4) is 0 Å². The molecule has 0 aliphatic rings. The summed E-state index contributed by atoms with van der Waals surface area (Å²) < 4.78 is 13.1. The molecule has 0 fully saturated rings. The molecule has 1 rings (SSSR count). The Morgan fingerprint density at radius 2 is 2.31 bits per heavy atom. The van der Waals surface area contributed by atoms with E-state index in [9.17, 15) is 9.18 Å². The van der Waals surface area contributed by atoms with Gasteiger partial charge in [0.1, 0.15) is 0 Å². The van der Waals surface area contributed by atoms with Crippen LogP contribution in [0.3, 0.4) is 0 Å². The molecule has 0 spiro atoms. The summed E-state index contributed by atoms with van der Waals surface area (Å²) in [5.41, 5.74) is -0.613. The van der Waals surface area contributed by atoms with Crippen LogP contribution < -0.4 is 0 Å². The lowest BCUT2D eigenvalue weighted by molar-refractivity contribution is 0.476. The minimum absolute atomic E-state index is 0.290. The maximum absolute atomic E-state index is 13.1. The highest BCUT2D eigenvalue weighted by Gasteiger charge is 2.23. The monoisotopic (exact) mass is 180 g/mol. The van der Waals surface area contributed by atoms with E-state index < -0.39 is 11.5 Å². The summed E-state index contributed by atoms with van der Waals surface area (Å²) in [6.07, 6.45) is 2.76. The van der Waals surface area contributed by atoms with Crippen LogP contribution in [0.5, 0.6) is 0 Å². The molecule has 1 aromatic rings. The molecule has 0 saturated carbocycles. The summed E-state index contributed by atoms with van der Waals surface area (Å²) >= 11 is 0. The molecule has 0 atom stereocenters. The minimum Gasteiger partial charge on any atom is -0.228 e. The fourth-order valence-corrected chi connectivity index (χ4v) is 1.02. The van der Waals surface area contributed by atoms with E-state index in [1.807, 2.05) is 0 Å². The van der Waals surface area contributed by atoms with Gasteiger partial charge in [-0.15, -0.1) is 0 Å². The van der Waals surface area contributed by atoms with Crippen LogP contribution in [-0.2, 0) is 10.3 Å². The number of nitrogens with zero attached hydrogens (tertiary/aromatic N) is 2. The summed E-state index contributed by atoms with van der Waals surface area (Å²) in [4.78, 5) is 17.0. The first-order valence-electron chi connectivity index (χ1n) is 3.78. The van der Waals surface area contributed by atoms with Gasteiger partial charge in [0.05, 0.1) is 5.54 Å². The summed E-state index contributed by atoms with van der Waals surface area (Å²) in [5, 5.41) is 0. The van der Waals surface area contributed by atoms with Gasteiger partial charge in [0, 0.05) is 11.8 Å². The zero-order chi connectivity index (χ0) is 9.90. The number of aromatic nitrogens is 1. The Hall–Kier alpha value is -1.54. The predicted octanol–water partition coefficient (Wildman–Crippen LogP) is 1.79. The van der Waals surface area contributed by atoms with Gasteiger partial charge in [0.15, 0.2) is 0 Å². The van der Waals surface area contributed by atoms with E-state index >= 15 is 0 Å². The van der Waals surface area contributed by atoms with Crippen LogP contribution >= 0.6 is 0 Å². The molecule has 68 valence electrons. The van der Waals surface area contributed by atoms with E-state index in [0.717, 1.165) is 0 Å². The van der Waals surface area contributed by atoms with Gasteiger partial charge in [0.2, 0.25) is 12.0 Å². The highest BCUT2D eigenvalue weighted by atomic mass is 19.1. The molecule has 3 nitrogen and oxygen atoms in total. The van der Waals surface area contributed by atoms with Crippen LogP contribution in [0, 0.1) is 5.95 Å². The lowest BCUT2D eigenvalue weighted by atomic mass is 9.97. The zero-order valence-corrected chi connectivity index (χ0v) is 7.41. The van der Waals surface area contributed by atoms with E-state index in [2.05, 4.69) is 9.98 Å². The van der Waals surface area contributed by atoms with Gasteiger partial charge in [-0.05, 0) is 19.9 Å². The first kappa shape index (κ1) is 9.55. The molecular weight excluding hydrogens is 171 g/mol. The Morgan fingerprint density at radius 3 is 2.85 bits per heavy atom. The van der Waals surface area contributed by atoms with Gasteiger partial charge in [-0.25, -0.2) is 9.78 Å². The lowest BCUT2D eigenvalue weighted by Gasteiger charge is -2.17. The largest absolute Gasteiger partial charge is 0.235 e. The number of halogens is 1. The van der Waals surface area contributed by atoms with Crippen molar-refractivity contribution in [2.75, 3.05) is 0 Å². The number of aliphatic imine (C=N–C) groups is 1. The Labute approximate surface area is 75.3 Å². The second-order valence-electron chi connectivity index (χ2n) is 3.10. The first-order chi connectivity index (χ1) is 6.08. The molecule has 13 heavy (non-hydrogen) atoms. The van der Waals surface area contributed by atoms with Crippen LogP contribution in [0.4, 0.5) is 4.39 Å². The van der Waals surface area contributed by atoms with Crippen molar-refractivity contribution >= 4 is 6.08 Å². The Kier molecular flexibility index (Phi) is 2.54. The second kappa shape index (κ2) is 3.46. The Morgan fingerprint density at radius 1 is 1.62 bits per heavy atom. The molecule has 0 amide bonds. The first-order valence-corrected chi connectivity index (χ1v) is 3.78. The molecule has 0 N–H and O–H groups in total. The standard InChI is InChI=1S/C9H9FN2O/c1-9(2,12-6-13)7-4-3-5-11-8(7)10/h3-5H,1-2H3. The van der Waals surface area contributed by atoms with Gasteiger partial charge < -0.3 is 0 Å². The van der Waals surface area contributed by atoms with Crippen molar-refractivity contribution in [2.24, 2.45) is 4.99 Å². The summed E-state index contributed by atoms with van der Waals surface area (Å²) in [5.74, 6) is -0.605. The van der Waals surface area contributed by atoms with Crippen molar-refractivity contribution in [1.82, 2.24) is 4.98 Å². The van der Waals surface area contributed by atoms with Gasteiger partial charge in [0.25, 0.3) is 0 Å². The summed E-state index contributed by atoms with van der Waals surface area (Å²) in [6, 6.07) is 3.14. The van der Waals surface area contributed by atoms with Gasteiger partial charge >= 0.3 is 0 Å². The maximum Gasteiger partial charge on any atom is 0.235 e. The molecule has 4 heteroatoms. The highest BCUT2D eigenvalue weighted by Crippen LogP contribution is 2.25. The van der Waals surface area contributed by atoms with E-state index in [-0.39, 0.29) is 0 Å². The fraction of sp³-hybridized carbons (Fsp3) is 0.333. The number of isocyanates is 1. The molecule has 0 aromatic carbocycles. The number of rotatable bonds is 2. The third-order valence-corrected chi connectivity index (χ3v) is 1.74. The topological polar surface area (TPSA) is 42.3 Å². The lowest BCUT2D eigenvalue weighted by Crippen LogP contribution is -2.16. The molecule has 0 aliphatic heterocycles. The third-order valence-electron chi connectivity index (χ3n) is 1.74. The van der Waals surface area contributed by atoms with Crippen molar-refractivity contribution < 1.29 is 9.18 Å². The Bertz CT molecular complexity index is 356. The van der Waals surface area contributed by atoms with E-state index in [1.165, 1.54) is 12.3 Å². The van der Waals surface area contributed by atoms with Crippen LogP contribution in [0.1, 0.15) is 19.4 Å². The normalized spacial score (nSPS) is 10.7. The number of hydrogen-bond donors (Lipinski definition) is 0. The molecule has 0 aliphatic carbocycles. The number of carbonyl (C=O) groups excluding carboxylic acids is 1. The Balaban J connectivity index is 3.21. The molecule has 0 unspecified atom stereocenters. The average Bonchev–Trinajstić information content (AvgIpc) is 2.04. The summed E-state index contributed by atoms with van der Waals surface area (Å²) in [7, 11) is 0. The van der Waals surface area contributed by atoms with Crippen LogP contribution in [0.25, 0.3) is 0 Å². The number of pyridine rings is 1. The third kappa shape index (κ3) is 1.98. The van der Waals surface area contributed by atoms with E-state index in [1.54, 1.807) is 26.0 Å². The van der Waals surface area contributed by atoms with Gasteiger partial charge in [-0.1, -0.05) is 6.07 Å². The van der Waals surface area contributed by atoms with Crippen LogP contribution in [-0.4, -0.2) is 11.1 Å². The summed E-state index contributed by atoms with van der Waals surface area (Å²) in [6.45, 7) is 3.25. The molecule has 1 aromatic heterocycles.